The van der Waals surface area contributed by atoms with Gasteiger partial charge in [0.15, 0.2) is 0 Å². The van der Waals surface area contributed by atoms with Crippen LogP contribution in [0.4, 0.5) is 11.5 Å². The van der Waals surface area contributed by atoms with Crippen LogP contribution in [-0.2, 0) is 6.54 Å². The topological polar surface area (TPSA) is 57.9 Å². The van der Waals surface area contributed by atoms with Gasteiger partial charge in [-0.15, -0.1) is 0 Å². The molecule has 0 spiro atoms. The van der Waals surface area contributed by atoms with Gasteiger partial charge in [0.1, 0.15) is 5.82 Å². The number of aromatic amines is 1. The maximum absolute atomic E-state index is 5.58. The molecule has 0 aliphatic rings. The van der Waals surface area contributed by atoms with Crippen molar-refractivity contribution in [3.63, 3.8) is 0 Å². The number of rotatable bonds is 3. The Kier molecular flexibility index (Phi) is 3.38. The summed E-state index contributed by atoms with van der Waals surface area (Å²) in [4.78, 5) is 2.16. The van der Waals surface area contributed by atoms with Crippen molar-refractivity contribution in [2.75, 3.05) is 17.7 Å². The average Bonchev–Trinajstić information content (AvgIpc) is 2.67. The van der Waals surface area contributed by atoms with Gasteiger partial charge in [0.25, 0.3) is 0 Å². The van der Waals surface area contributed by atoms with Crippen LogP contribution in [0.3, 0.4) is 0 Å². The van der Waals surface area contributed by atoms with Crippen LogP contribution in [0.1, 0.15) is 11.3 Å². The highest BCUT2D eigenvalue weighted by Gasteiger charge is 2.07. The standard InChI is InChI=1S/C12H15BrN4/c1-8-3-4-9(13)5-11(8)17(2)7-10-6-12(14)16-15-10/h3-6H,7H2,1-2H3,(H3,14,15,16). The lowest BCUT2D eigenvalue weighted by Crippen LogP contribution is -2.17. The minimum Gasteiger partial charge on any atom is -0.382 e. The Morgan fingerprint density at radius 1 is 1.41 bits per heavy atom. The molecule has 0 aliphatic heterocycles. The molecule has 17 heavy (non-hydrogen) atoms. The second-order valence-electron chi connectivity index (χ2n) is 4.10. The monoisotopic (exact) mass is 294 g/mol. The van der Waals surface area contributed by atoms with E-state index in [1.165, 1.54) is 11.3 Å². The molecule has 90 valence electrons. The van der Waals surface area contributed by atoms with Gasteiger partial charge < -0.3 is 10.6 Å². The van der Waals surface area contributed by atoms with Gasteiger partial charge >= 0.3 is 0 Å². The molecule has 1 aromatic carbocycles. The zero-order valence-corrected chi connectivity index (χ0v) is 11.5. The fraction of sp³-hybridized carbons (Fsp3) is 0.250. The third-order valence-electron chi connectivity index (χ3n) is 2.64. The number of aryl methyl sites for hydroxylation is 1. The molecule has 0 aliphatic carbocycles. The Hall–Kier alpha value is -1.49. The number of anilines is 2. The molecule has 0 radical (unpaired) electrons. The molecule has 0 fully saturated rings. The number of nitrogens with two attached hydrogens (primary N) is 1. The predicted molar refractivity (Wildman–Crippen MR) is 74.0 cm³/mol. The zero-order valence-electron chi connectivity index (χ0n) is 9.87. The van der Waals surface area contributed by atoms with Crippen LogP contribution >= 0.6 is 15.9 Å². The van der Waals surface area contributed by atoms with E-state index in [1.807, 2.05) is 19.2 Å². The summed E-state index contributed by atoms with van der Waals surface area (Å²) in [5.41, 5.74) is 9.01. The van der Waals surface area contributed by atoms with Gasteiger partial charge in [-0.2, -0.15) is 5.10 Å². The van der Waals surface area contributed by atoms with Crippen LogP contribution in [0, 0.1) is 6.92 Å². The molecule has 0 saturated carbocycles. The van der Waals surface area contributed by atoms with E-state index in [0.29, 0.717) is 5.82 Å². The first-order valence-corrected chi connectivity index (χ1v) is 6.12. The number of halogens is 1. The lowest BCUT2D eigenvalue weighted by atomic mass is 10.2. The van der Waals surface area contributed by atoms with Crippen molar-refractivity contribution in [2.24, 2.45) is 0 Å². The third-order valence-corrected chi connectivity index (χ3v) is 3.13. The number of benzene rings is 1. The fourth-order valence-corrected chi connectivity index (χ4v) is 2.14. The van der Waals surface area contributed by atoms with Crippen molar-refractivity contribution < 1.29 is 0 Å². The molecule has 0 atom stereocenters. The van der Waals surface area contributed by atoms with Gasteiger partial charge in [-0.3, -0.25) is 5.10 Å². The molecule has 0 saturated heterocycles. The quantitative estimate of drug-likeness (QED) is 0.915. The van der Waals surface area contributed by atoms with Gasteiger partial charge in [0.2, 0.25) is 0 Å². The molecule has 2 aromatic rings. The van der Waals surface area contributed by atoms with E-state index in [4.69, 9.17) is 5.73 Å². The van der Waals surface area contributed by atoms with Gasteiger partial charge in [-0.25, -0.2) is 0 Å². The number of hydrogen-bond acceptors (Lipinski definition) is 3. The van der Waals surface area contributed by atoms with E-state index < -0.39 is 0 Å². The number of nitrogen functional groups attached to an aromatic ring is 1. The number of nitrogens with zero attached hydrogens (tertiary/aromatic N) is 2. The minimum atomic E-state index is 0.527. The summed E-state index contributed by atoms with van der Waals surface area (Å²) in [5, 5.41) is 6.83. The van der Waals surface area contributed by atoms with Crippen molar-refractivity contribution in [2.45, 2.75) is 13.5 Å². The summed E-state index contributed by atoms with van der Waals surface area (Å²) in [6.07, 6.45) is 0. The SMILES string of the molecule is Cc1ccc(Br)cc1N(C)Cc1cc(N)n[nH]1. The minimum absolute atomic E-state index is 0.527. The molecule has 4 nitrogen and oxygen atoms in total. The molecule has 2 rings (SSSR count). The molecular formula is C12H15BrN4. The van der Waals surface area contributed by atoms with Gasteiger partial charge in [-0.1, -0.05) is 22.0 Å². The predicted octanol–water partition coefficient (Wildman–Crippen LogP) is 2.70. The molecule has 0 bridgehead atoms. The van der Waals surface area contributed by atoms with Gasteiger partial charge in [0.05, 0.1) is 12.2 Å². The molecule has 5 heteroatoms. The van der Waals surface area contributed by atoms with Gasteiger partial charge in [-0.05, 0) is 24.6 Å². The van der Waals surface area contributed by atoms with Crippen molar-refractivity contribution in [3.05, 3.63) is 40.0 Å². The number of aromatic nitrogens is 2. The Balaban J connectivity index is 2.19. The average molecular weight is 295 g/mol. The first kappa shape index (κ1) is 12.0. The lowest BCUT2D eigenvalue weighted by molar-refractivity contribution is 0.866. The van der Waals surface area contributed by atoms with E-state index in [9.17, 15) is 0 Å². The Morgan fingerprint density at radius 3 is 2.82 bits per heavy atom. The van der Waals surface area contributed by atoms with E-state index in [1.54, 1.807) is 0 Å². The number of hydrogen-bond donors (Lipinski definition) is 2. The summed E-state index contributed by atoms with van der Waals surface area (Å²) in [5.74, 6) is 0.527. The summed E-state index contributed by atoms with van der Waals surface area (Å²) in [7, 11) is 2.05. The third kappa shape index (κ3) is 2.79. The first-order chi connectivity index (χ1) is 8.06. The molecule has 1 heterocycles. The van der Waals surface area contributed by atoms with E-state index in [-0.39, 0.29) is 0 Å². The smallest absolute Gasteiger partial charge is 0.145 e. The second-order valence-corrected chi connectivity index (χ2v) is 5.02. The van der Waals surface area contributed by atoms with Gasteiger partial charge in [0, 0.05) is 23.3 Å². The van der Waals surface area contributed by atoms with Crippen LogP contribution in [0.5, 0.6) is 0 Å². The van der Waals surface area contributed by atoms with E-state index >= 15 is 0 Å². The Bertz CT molecular complexity index is 521. The maximum Gasteiger partial charge on any atom is 0.145 e. The highest BCUT2D eigenvalue weighted by molar-refractivity contribution is 9.10. The highest BCUT2D eigenvalue weighted by Crippen LogP contribution is 2.24. The van der Waals surface area contributed by atoms with Crippen molar-refractivity contribution in [1.29, 1.82) is 0 Å². The highest BCUT2D eigenvalue weighted by atomic mass is 79.9. The summed E-state index contributed by atoms with van der Waals surface area (Å²) >= 11 is 3.49. The van der Waals surface area contributed by atoms with Crippen molar-refractivity contribution in [1.82, 2.24) is 10.2 Å². The first-order valence-electron chi connectivity index (χ1n) is 5.33. The molecule has 0 unspecified atom stereocenters. The van der Waals surface area contributed by atoms with Crippen LogP contribution in [-0.4, -0.2) is 17.2 Å². The van der Waals surface area contributed by atoms with Crippen LogP contribution < -0.4 is 10.6 Å². The zero-order chi connectivity index (χ0) is 12.4. The Morgan fingerprint density at radius 2 is 2.18 bits per heavy atom. The molecule has 1 aromatic heterocycles. The molecule has 3 N–H and O–H groups in total. The summed E-state index contributed by atoms with van der Waals surface area (Å²) in [6, 6.07) is 8.09. The molecular weight excluding hydrogens is 280 g/mol. The maximum atomic E-state index is 5.58. The largest absolute Gasteiger partial charge is 0.382 e. The van der Waals surface area contributed by atoms with Crippen LogP contribution in [0.25, 0.3) is 0 Å². The van der Waals surface area contributed by atoms with Crippen LogP contribution in [0.2, 0.25) is 0 Å². The number of H-pyrrole nitrogens is 1. The summed E-state index contributed by atoms with van der Waals surface area (Å²) < 4.78 is 1.08. The lowest BCUT2D eigenvalue weighted by Gasteiger charge is -2.20. The normalized spacial score (nSPS) is 10.5. The number of nitrogens with one attached hydrogen (secondary N) is 1. The fourth-order valence-electron chi connectivity index (χ4n) is 1.79. The van der Waals surface area contributed by atoms with Crippen LogP contribution in [0.15, 0.2) is 28.7 Å². The van der Waals surface area contributed by atoms with Crippen molar-refractivity contribution >= 4 is 27.4 Å². The second kappa shape index (κ2) is 4.79. The summed E-state index contributed by atoms with van der Waals surface area (Å²) in [6.45, 7) is 2.85. The van der Waals surface area contributed by atoms with E-state index in [2.05, 4.69) is 50.1 Å². The van der Waals surface area contributed by atoms with Crippen molar-refractivity contribution in [3.8, 4) is 0 Å². The molecule has 0 amide bonds. The Labute approximate surface area is 109 Å². The van der Waals surface area contributed by atoms with E-state index in [0.717, 1.165) is 16.7 Å².